The number of carbonyl (C=O) groups excluding carboxylic acids is 2. The molecule has 0 aromatic heterocycles. The molecule has 0 N–H and O–H groups in total. The minimum atomic E-state index is -3.65. The number of nitrogens with zero attached hydrogens (tertiary/aromatic N) is 2. The van der Waals surface area contributed by atoms with Gasteiger partial charge in [0.15, 0.2) is 6.61 Å². The van der Waals surface area contributed by atoms with Gasteiger partial charge in [-0.3, -0.25) is 4.79 Å². The van der Waals surface area contributed by atoms with Gasteiger partial charge in [0.1, 0.15) is 0 Å². The smallest absolute Gasteiger partial charge is 0.338 e. The van der Waals surface area contributed by atoms with E-state index in [1.54, 1.807) is 18.2 Å². The number of ether oxygens (including phenoxy) is 1. The molecule has 0 unspecified atom stereocenters. The van der Waals surface area contributed by atoms with Gasteiger partial charge in [0.05, 0.1) is 10.5 Å². The van der Waals surface area contributed by atoms with Gasteiger partial charge in [0.2, 0.25) is 10.0 Å². The van der Waals surface area contributed by atoms with E-state index in [-0.39, 0.29) is 42.5 Å². The molecule has 0 spiro atoms. The Bertz CT molecular complexity index is 1000. The fraction of sp³-hybridized carbons (Fsp3) is 0.263. The Kier molecular flexibility index (Phi) is 6.79. The average Bonchev–Trinajstić information content (AvgIpc) is 2.72. The van der Waals surface area contributed by atoms with Crippen molar-refractivity contribution in [1.82, 2.24) is 9.21 Å². The van der Waals surface area contributed by atoms with Gasteiger partial charge in [-0.15, -0.1) is 0 Å². The van der Waals surface area contributed by atoms with E-state index in [2.05, 4.69) is 0 Å². The molecule has 10 heteroatoms. The largest absolute Gasteiger partial charge is 0.452 e. The summed E-state index contributed by atoms with van der Waals surface area (Å²) in [4.78, 5) is 25.9. The summed E-state index contributed by atoms with van der Waals surface area (Å²) in [6.07, 6.45) is 0. The van der Waals surface area contributed by atoms with Crippen molar-refractivity contribution in [1.29, 1.82) is 0 Å². The predicted molar refractivity (Wildman–Crippen MR) is 109 cm³/mol. The van der Waals surface area contributed by atoms with Gasteiger partial charge in [-0.05, 0) is 42.5 Å². The first kappa shape index (κ1) is 21.6. The van der Waals surface area contributed by atoms with Crippen molar-refractivity contribution in [2.45, 2.75) is 4.90 Å². The van der Waals surface area contributed by atoms with Crippen LogP contribution in [0.5, 0.6) is 0 Å². The van der Waals surface area contributed by atoms with Crippen molar-refractivity contribution >= 4 is 45.1 Å². The highest BCUT2D eigenvalue weighted by Crippen LogP contribution is 2.20. The Hall–Kier alpha value is -2.13. The Morgan fingerprint density at radius 2 is 1.59 bits per heavy atom. The normalized spacial score (nSPS) is 15.2. The van der Waals surface area contributed by atoms with Crippen LogP contribution in [0.2, 0.25) is 10.0 Å². The molecule has 1 saturated heterocycles. The second kappa shape index (κ2) is 9.13. The third kappa shape index (κ3) is 5.27. The number of halogens is 2. The van der Waals surface area contributed by atoms with E-state index >= 15 is 0 Å². The number of hydrogen-bond donors (Lipinski definition) is 0. The van der Waals surface area contributed by atoms with E-state index < -0.39 is 22.6 Å². The summed E-state index contributed by atoms with van der Waals surface area (Å²) in [7, 11) is -3.65. The number of amides is 1. The van der Waals surface area contributed by atoms with Crippen LogP contribution in [-0.4, -0.2) is 62.3 Å². The minimum Gasteiger partial charge on any atom is -0.452 e. The molecule has 1 fully saturated rings. The summed E-state index contributed by atoms with van der Waals surface area (Å²) in [5.41, 5.74) is 0.254. The molecule has 7 nitrogen and oxygen atoms in total. The lowest BCUT2D eigenvalue weighted by atomic mass is 10.2. The summed E-state index contributed by atoms with van der Waals surface area (Å²) in [5.74, 6) is -1.03. The van der Waals surface area contributed by atoms with Crippen LogP contribution in [0.1, 0.15) is 10.4 Å². The van der Waals surface area contributed by atoms with Crippen LogP contribution in [0.3, 0.4) is 0 Å². The predicted octanol–water partition coefficient (Wildman–Crippen LogP) is 2.68. The molecule has 0 bridgehead atoms. The first-order valence-corrected chi connectivity index (χ1v) is 10.9. The summed E-state index contributed by atoms with van der Waals surface area (Å²) < 4.78 is 31.7. The second-order valence-electron chi connectivity index (χ2n) is 6.33. The number of esters is 1. The fourth-order valence-corrected chi connectivity index (χ4v) is 4.59. The Balaban J connectivity index is 1.53. The van der Waals surface area contributed by atoms with Crippen LogP contribution in [0.4, 0.5) is 0 Å². The standard InChI is InChI=1S/C19H18Cl2N2O5S/c20-15-4-6-17(7-5-15)29(26,27)23-10-8-22(9-11-23)18(24)13-28-19(25)14-2-1-3-16(21)12-14/h1-7,12H,8-11,13H2. The topological polar surface area (TPSA) is 84.0 Å². The van der Waals surface area contributed by atoms with E-state index in [0.717, 1.165) is 0 Å². The van der Waals surface area contributed by atoms with Gasteiger partial charge in [-0.25, -0.2) is 13.2 Å². The van der Waals surface area contributed by atoms with Crippen LogP contribution >= 0.6 is 23.2 Å². The number of rotatable bonds is 5. The molecule has 0 saturated carbocycles. The molecule has 2 aromatic carbocycles. The SMILES string of the molecule is O=C(OCC(=O)N1CCN(S(=O)(=O)c2ccc(Cl)cc2)CC1)c1cccc(Cl)c1. The highest BCUT2D eigenvalue weighted by atomic mass is 35.5. The molecular formula is C19H18Cl2N2O5S. The van der Waals surface area contributed by atoms with Crippen molar-refractivity contribution in [2.75, 3.05) is 32.8 Å². The van der Waals surface area contributed by atoms with Crippen molar-refractivity contribution in [3.63, 3.8) is 0 Å². The quantitative estimate of drug-likeness (QED) is 0.645. The van der Waals surface area contributed by atoms with Crippen molar-refractivity contribution in [3.05, 3.63) is 64.1 Å². The molecule has 154 valence electrons. The van der Waals surface area contributed by atoms with E-state index in [1.807, 2.05) is 0 Å². The Morgan fingerprint density at radius 3 is 2.21 bits per heavy atom. The fourth-order valence-electron chi connectivity index (χ4n) is 2.85. The molecular weight excluding hydrogens is 439 g/mol. The Morgan fingerprint density at radius 1 is 0.931 bits per heavy atom. The summed E-state index contributed by atoms with van der Waals surface area (Å²) in [6.45, 7) is 0.300. The van der Waals surface area contributed by atoms with Crippen LogP contribution in [0, 0.1) is 0 Å². The van der Waals surface area contributed by atoms with Crippen molar-refractivity contribution < 1.29 is 22.7 Å². The van der Waals surface area contributed by atoms with Gasteiger partial charge in [0, 0.05) is 36.2 Å². The van der Waals surface area contributed by atoms with Crippen molar-refractivity contribution in [2.24, 2.45) is 0 Å². The van der Waals surface area contributed by atoms with E-state index in [4.69, 9.17) is 27.9 Å². The number of carbonyl (C=O) groups is 2. The van der Waals surface area contributed by atoms with Crippen molar-refractivity contribution in [3.8, 4) is 0 Å². The third-order valence-corrected chi connectivity index (χ3v) is 6.83. The number of hydrogen-bond acceptors (Lipinski definition) is 5. The summed E-state index contributed by atoms with van der Waals surface area (Å²) in [5, 5.41) is 0.843. The highest BCUT2D eigenvalue weighted by molar-refractivity contribution is 7.89. The van der Waals surface area contributed by atoms with Gasteiger partial charge in [-0.1, -0.05) is 29.3 Å². The number of piperazine rings is 1. The lowest BCUT2D eigenvalue weighted by molar-refractivity contribution is -0.135. The maximum Gasteiger partial charge on any atom is 0.338 e. The molecule has 29 heavy (non-hydrogen) atoms. The van der Waals surface area contributed by atoms with Gasteiger partial charge in [-0.2, -0.15) is 4.31 Å². The third-order valence-electron chi connectivity index (χ3n) is 4.43. The zero-order valence-corrected chi connectivity index (χ0v) is 17.6. The van der Waals surface area contributed by atoms with E-state index in [1.165, 1.54) is 39.5 Å². The summed E-state index contributed by atoms with van der Waals surface area (Å²) in [6, 6.07) is 12.2. The lowest BCUT2D eigenvalue weighted by Crippen LogP contribution is -2.51. The molecule has 0 radical (unpaired) electrons. The van der Waals surface area contributed by atoms with Gasteiger partial charge >= 0.3 is 5.97 Å². The zero-order valence-electron chi connectivity index (χ0n) is 15.3. The molecule has 0 atom stereocenters. The number of sulfonamides is 1. The van der Waals surface area contributed by atoms with Crippen LogP contribution in [-0.2, 0) is 19.6 Å². The van der Waals surface area contributed by atoms with Crippen LogP contribution in [0.15, 0.2) is 53.4 Å². The maximum atomic E-state index is 12.7. The molecule has 2 aromatic rings. The second-order valence-corrected chi connectivity index (χ2v) is 9.14. The lowest BCUT2D eigenvalue weighted by Gasteiger charge is -2.33. The molecule has 1 amide bonds. The zero-order chi connectivity index (χ0) is 21.0. The first-order chi connectivity index (χ1) is 13.8. The monoisotopic (exact) mass is 456 g/mol. The molecule has 1 aliphatic rings. The van der Waals surface area contributed by atoms with E-state index in [0.29, 0.717) is 10.0 Å². The molecule has 1 aliphatic heterocycles. The average molecular weight is 457 g/mol. The van der Waals surface area contributed by atoms with Gasteiger partial charge in [0.25, 0.3) is 5.91 Å². The minimum absolute atomic E-state index is 0.150. The van der Waals surface area contributed by atoms with Crippen LogP contribution < -0.4 is 0 Å². The molecule has 3 rings (SSSR count). The summed E-state index contributed by atoms with van der Waals surface area (Å²) >= 11 is 11.6. The van der Waals surface area contributed by atoms with E-state index in [9.17, 15) is 18.0 Å². The first-order valence-electron chi connectivity index (χ1n) is 8.73. The highest BCUT2D eigenvalue weighted by Gasteiger charge is 2.30. The Labute approximate surface area is 178 Å². The number of benzene rings is 2. The van der Waals surface area contributed by atoms with Crippen LogP contribution in [0.25, 0.3) is 0 Å². The molecule has 1 heterocycles. The van der Waals surface area contributed by atoms with Gasteiger partial charge < -0.3 is 9.64 Å². The maximum absolute atomic E-state index is 12.7. The molecule has 0 aliphatic carbocycles.